The lowest BCUT2D eigenvalue weighted by atomic mass is 9.98. The fourth-order valence-corrected chi connectivity index (χ4v) is 3.44. The fraction of sp³-hybridized carbons (Fsp3) is 0.643. The average Bonchev–Trinajstić information content (AvgIpc) is 2.46. The Labute approximate surface area is 128 Å². The molecule has 1 aliphatic heterocycles. The zero-order valence-electron chi connectivity index (χ0n) is 12.4. The van der Waals surface area contributed by atoms with Crippen LogP contribution in [0.1, 0.15) is 41.7 Å². The highest BCUT2D eigenvalue weighted by Gasteiger charge is 2.30. The summed E-state index contributed by atoms with van der Waals surface area (Å²) in [6.07, 6.45) is 5.36. The summed E-state index contributed by atoms with van der Waals surface area (Å²) in [7, 11) is 0. The number of aromatic nitrogens is 2. The number of H-pyrrole nitrogens is 1. The van der Waals surface area contributed by atoms with Crippen LogP contribution in [0.2, 0.25) is 0 Å². The van der Waals surface area contributed by atoms with Gasteiger partial charge in [0, 0.05) is 24.9 Å². The third-order valence-corrected chi connectivity index (χ3v) is 4.53. The summed E-state index contributed by atoms with van der Waals surface area (Å²) < 4.78 is 0. The minimum absolute atomic E-state index is 0.0669. The maximum atomic E-state index is 12.9. The topological polar surface area (TPSA) is 86.3 Å². The molecule has 116 valence electrons. The van der Waals surface area contributed by atoms with Gasteiger partial charge in [0.2, 0.25) is 0 Å². The van der Waals surface area contributed by atoms with Gasteiger partial charge in [0.15, 0.2) is 0 Å². The molecule has 0 saturated carbocycles. The van der Waals surface area contributed by atoms with E-state index in [0.29, 0.717) is 29.2 Å². The van der Waals surface area contributed by atoms with Crippen molar-refractivity contribution in [3.8, 4) is 0 Å². The summed E-state index contributed by atoms with van der Waals surface area (Å²) in [6.45, 7) is 2.49. The molecule has 6 nitrogen and oxygen atoms in total. The second-order valence-corrected chi connectivity index (χ2v) is 6.01. The van der Waals surface area contributed by atoms with Crippen molar-refractivity contribution in [2.24, 2.45) is 0 Å². The molecule has 7 heteroatoms. The Hall–Kier alpha value is -1.34. The molecule has 1 fully saturated rings. The molecule has 1 aliphatic rings. The van der Waals surface area contributed by atoms with Crippen LogP contribution < -0.4 is 5.69 Å². The molecule has 1 atom stereocenters. The van der Waals surface area contributed by atoms with E-state index >= 15 is 0 Å². The van der Waals surface area contributed by atoms with Crippen LogP contribution in [0.25, 0.3) is 0 Å². The number of aromatic amines is 1. The van der Waals surface area contributed by atoms with Gasteiger partial charge in [-0.1, -0.05) is 0 Å². The van der Waals surface area contributed by atoms with E-state index in [2.05, 4.69) is 9.97 Å². The zero-order chi connectivity index (χ0) is 15.4. The summed E-state index contributed by atoms with van der Waals surface area (Å²) in [5, 5.41) is 9.65. The molecule has 1 aromatic heterocycles. The highest BCUT2D eigenvalue weighted by molar-refractivity contribution is 7.98. The number of thioether (sulfide) groups is 1. The first-order valence-electron chi connectivity index (χ1n) is 7.15. The minimum atomic E-state index is -0.432. The zero-order valence-corrected chi connectivity index (χ0v) is 13.2. The Morgan fingerprint density at radius 2 is 2.29 bits per heavy atom. The van der Waals surface area contributed by atoms with Gasteiger partial charge in [0.25, 0.3) is 5.91 Å². The van der Waals surface area contributed by atoms with Gasteiger partial charge in [-0.15, -0.1) is 11.8 Å². The molecular formula is C14H21N3O3S. The van der Waals surface area contributed by atoms with Crippen LogP contribution >= 0.6 is 11.8 Å². The minimum Gasteiger partial charge on any atom is -0.396 e. The van der Waals surface area contributed by atoms with Crippen molar-refractivity contribution in [2.45, 2.75) is 43.7 Å². The standard InChI is InChI=1S/C14H21N3O3S/c1-9-11(12(21-2)16-14(20)15-9)13(19)17-7-4-3-5-10(17)6-8-18/h10,18H,3-8H2,1-2H3,(H,15,16,20). The van der Waals surface area contributed by atoms with Gasteiger partial charge >= 0.3 is 5.69 Å². The van der Waals surface area contributed by atoms with Crippen LogP contribution in [-0.2, 0) is 0 Å². The van der Waals surface area contributed by atoms with Gasteiger partial charge in [0.1, 0.15) is 5.03 Å². The quantitative estimate of drug-likeness (QED) is 0.644. The molecule has 0 aromatic carbocycles. The number of nitrogens with one attached hydrogen (secondary N) is 1. The number of nitrogens with zero attached hydrogens (tertiary/aromatic N) is 2. The Kier molecular flexibility index (Phi) is 5.41. The number of aryl methyl sites for hydroxylation is 1. The van der Waals surface area contributed by atoms with Crippen molar-refractivity contribution in [1.29, 1.82) is 0 Å². The van der Waals surface area contributed by atoms with Crippen LogP contribution in [0.4, 0.5) is 0 Å². The number of carbonyl (C=O) groups excluding carboxylic acids is 1. The number of aliphatic hydroxyl groups is 1. The number of likely N-dealkylation sites (tertiary alicyclic amines) is 1. The van der Waals surface area contributed by atoms with E-state index < -0.39 is 5.69 Å². The Bertz CT molecular complexity index is 571. The number of piperidine rings is 1. The second kappa shape index (κ2) is 7.09. The first kappa shape index (κ1) is 16.0. The maximum absolute atomic E-state index is 12.9. The summed E-state index contributed by atoms with van der Waals surface area (Å²) >= 11 is 1.30. The highest BCUT2D eigenvalue weighted by Crippen LogP contribution is 2.25. The number of aliphatic hydroxyl groups excluding tert-OH is 1. The van der Waals surface area contributed by atoms with Crippen molar-refractivity contribution in [1.82, 2.24) is 14.9 Å². The predicted molar refractivity (Wildman–Crippen MR) is 81.8 cm³/mol. The number of hydrogen-bond donors (Lipinski definition) is 2. The van der Waals surface area contributed by atoms with Gasteiger partial charge in [-0.05, 0) is 38.9 Å². The van der Waals surface area contributed by atoms with Crippen molar-refractivity contribution < 1.29 is 9.90 Å². The van der Waals surface area contributed by atoms with E-state index in [1.165, 1.54) is 11.8 Å². The van der Waals surface area contributed by atoms with Crippen molar-refractivity contribution in [2.75, 3.05) is 19.4 Å². The Morgan fingerprint density at radius 1 is 1.52 bits per heavy atom. The maximum Gasteiger partial charge on any atom is 0.346 e. The molecule has 1 amide bonds. The smallest absolute Gasteiger partial charge is 0.346 e. The molecule has 2 rings (SSSR count). The Morgan fingerprint density at radius 3 is 2.95 bits per heavy atom. The first-order valence-corrected chi connectivity index (χ1v) is 8.37. The summed E-state index contributed by atoms with van der Waals surface area (Å²) in [5.74, 6) is -0.0984. The molecular weight excluding hydrogens is 290 g/mol. The van der Waals surface area contributed by atoms with Crippen LogP contribution in [0.15, 0.2) is 9.82 Å². The fourth-order valence-electron chi connectivity index (χ4n) is 2.82. The number of carbonyl (C=O) groups is 1. The average molecular weight is 311 g/mol. The van der Waals surface area contributed by atoms with Crippen molar-refractivity contribution >= 4 is 17.7 Å². The molecule has 1 saturated heterocycles. The summed E-state index contributed by atoms with van der Waals surface area (Å²) in [6, 6.07) is 0.0669. The molecule has 0 bridgehead atoms. The van der Waals surface area contributed by atoms with Gasteiger partial charge in [-0.3, -0.25) is 4.79 Å². The van der Waals surface area contributed by atoms with Crippen LogP contribution in [0, 0.1) is 6.92 Å². The monoisotopic (exact) mass is 311 g/mol. The van der Waals surface area contributed by atoms with Gasteiger partial charge in [-0.2, -0.15) is 4.98 Å². The normalized spacial score (nSPS) is 18.8. The lowest BCUT2D eigenvalue weighted by molar-refractivity contribution is 0.0568. The first-order chi connectivity index (χ1) is 10.1. The predicted octanol–water partition coefficient (Wildman–Crippen LogP) is 1.18. The summed E-state index contributed by atoms with van der Waals surface area (Å²) in [5.41, 5.74) is 0.601. The van der Waals surface area contributed by atoms with Gasteiger partial charge in [-0.25, -0.2) is 4.79 Å². The van der Waals surface area contributed by atoms with Crippen LogP contribution in [0.5, 0.6) is 0 Å². The number of hydrogen-bond acceptors (Lipinski definition) is 5. The molecule has 2 heterocycles. The van der Waals surface area contributed by atoms with E-state index in [1.54, 1.807) is 13.2 Å². The van der Waals surface area contributed by atoms with E-state index in [9.17, 15) is 14.7 Å². The largest absolute Gasteiger partial charge is 0.396 e. The van der Waals surface area contributed by atoms with E-state index in [-0.39, 0.29) is 18.6 Å². The van der Waals surface area contributed by atoms with Crippen molar-refractivity contribution in [3.05, 3.63) is 21.7 Å². The van der Waals surface area contributed by atoms with Crippen molar-refractivity contribution in [3.63, 3.8) is 0 Å². The van der Waals surface area contributed by atoms with Gasteiger partial charge < -0.3 is 15.0 Å². The number of rotatable bonds is 4. The van der Waals surface area contributed by atoms with Crippen LogP contribution in [0.3, 0.4) is 0 Å². The van der Waals surface area contributed by atoms with E-state index in [1.807, 2.05) is 4.90 Å². The molecule has 1 aromatic rings. The lowest BCUT2D eigenvalue weighted by Gasteiger charge is -2.36. The molecule has 0 spiro atoms. The SMILES string of the molecule is CSc1nc(=O)[nH]c(C)c1C(=O)N1CCCCC1CCO. The third-order valence-electron chi connectivity index (χ3n) is 3.84. The van der Waals surface area contributed by atoms with E-state index in [0.717, 1.165) is 19.3 Å². The van der Waals surface area contributed by atoms with Crippen LogP contribution in [-0.4, -0.2) is 51.3 Å². The molecule has 0 radical (unpaired) electrons. The second-order valence-electron chi connectivity index (χ2n) is 5.21. The molecule has 1 unspecified atom stereocenters. The molecule has 2 N–H and O–H groups in total. The molecule has 0 aliphatic carbocycles. The lowest BCUT2D eigenvalue weighted by Crippen LogP contribution is -2.45. The van der Waals surface area contributed by atoms with Gasteiger partial charge in [0.05, 0.1) is 5.56 Å². The third kappa shape index (κ3) is 3.47. The summed E-state index contributed by atoms with van der Waals surface area (Å²) in [4.78, 5) is 32.6. The Balaban J connectivity index is 2.36. The highest BCUT2D eigenvalue weighted by atomic mass is 32.2. The number of amides is 1. The van der Waals surface area contributed by atoms with E-state index in [4.69, 9.17) is 0 Å². The molecule has 21 heavy (non-hydrogen) atoms.